The fraction of sp³-hybridized carbons (Fsp3) is 1.00. The first-order valence-electron chi connectivity index (χ1n) is 7.66. The Morgan fingerprint density at radius 2 is 2.21 bits per heavy atom. The van der Waals surface area contributed by atoms with Gasteiger partial charge in [0.15, 0.2) is 9.84 Å². The van der Waals surface area contributed by atoms with Crippen LogP contribution in [0.2, 0.25) is 0 Å². The normalized spacial score (nSPS) is 34.0. The molecule has 2 aliphatic heterocycles. The highest BCUT2D eigenvalue weighted by molar-refractivity contribution is 7.91. The molecule has 3 unspecified atom stereocenters. The van der Waals surface area contributed by atoms with Gasteiger partial charge in [0.2, 0.25) is 0 Å². The molecule has 112 valence electrons. The monoisotopic (exact) mass is 288 g/mol. The second-order valence-electron chi connectivity index (χ2n) is 6.33. The van der Waals surface area contributed by atoms with E-state index in [9.17, 15) is 8.42 Å². The van der Waals surface area contributed by atoms with E-state index in [0.29, 0.717) is 29.4 Å². The molecule has 2 heterocycles. The van der Waals surface area contributed by atoms with Crippen LogP contribution in [0.25, 0.3) is 0 Å². The van der Waals surface area contributed by atoms with E-state index >= 15 is 0 Å². The van der Waals surface area contributed by atoms with Gasteiger partial charge in [-0.2, -0.15) is 0 Å². The lowest BCUT2D eigenvalue weighted by atomic mass is 9.98. The Bertz CT molecular complexity index is 383. The van der Waals surface area contributed by atoms with Crippen LogP contribution >= 0.6 is 0 Å². The van der Waals surface area contributed by atoms with Gasteiger partial charge in [-0.25, -0.2) is 8.42 Å². The molecule has 0 aromatic heterocycles. The maximum Gasteiger partial charge on any atom is 0.150 e. The summed E-state index contributed by atoms with van der Waals surface area (Å²) in [5.41, 5.74) is 0. The van der Waals surface area contributed by atoms with Gasteiger partial charge in [0.25, 0.3) is 0 Å². The molecule has 2 saturated heterocycles. The lowest BCUT2D eigenvalue weighted by Gasteiger charge is -2.29. The fourth-order valence-electron chi connectivity index (χ4n) is 3.24. The minimum absolute atomic E-state index is 0.362. The smallest absolute Gasteiger partial charge is 0.150 e. The Morgan fingerprint density at radius 1 is 1.42 bits per heavy atom. The van der Waals surface area contributed by atoms with Crippen molar-refractivity contribution in [1.29, 1.82) is 0 Å². The van der Waals surface area contributed by atoms with Gasteiger partial charge in [0.05, 0.1) is 11.5 Å². The molecule has 0 amide bonds. The van der Waals surface area contributed by atoms with Gasteiger partial charge < -0.3 is 10.2 Å². The van der Waals surface area contributed by atoms with Crippen molar-refractivity contribution in [2.45, 2.75) is 39.2 Å². The minimum Gasteiger partial charge on any atom is -0.312 e. The molecule has 0 radical (unpaired) electrons. The summed E-state index contributed by atoms with van der Waals surface area (Å²) in [5.74, 6) is 1.86. The number of sulfone groups is 1. The van der Waals surface area contributed by atoms with Crippen molar-refractivity contribution in [2.24, 2.45) is 11.8 Å². The molecule has 5 heteroatoms. The summed E-state index contributed by atoms with van der Waals surface area (Å²) in [4.78, 5) is 2.49. The van der Waals surface area contributed by atoms with Crippen LogP contribution in [-0.2, 0) is 9.84 Å². The van der Waals surface area contributed by atoms with Crippen LogP contribution < -0.4 is 5.32 Å². The summed E-state index contributed by atoms with van der Waals surface area (Å²) in [6.07, 6.45) is 3.23. The molecular weight excluding hydrogens is 260 g/mol. The van der Waals surface area contributed by atoms with E-state index in [1.807, 2.05) is 0 Å². The molecule has 3 atom stereocenters. The molecule has 0 saturated carbocycles. The van der Waals surface area contributed by atoms with E-state index in [0.717, 1.165) is 32.6 Å². The zero-order chi connectivity index (χ0) is 13.9. The van der Waals surface area contributed by atoms with Gasteiger partial charge >= 0.3 is 0 Å². The lowest BCUT2D eigenvalue weighted by Crippen LogP contribution is -2.43. The zero-order valence-corrected chi connectivity index (χ0v) is 13.1. The first-order valence-corrected chi connectivity index (χ1v) is 9.48. The van der Waals surface area contributed by atoms with Gasteiger partial charge in [-0.05, 0) is 37.8 Å². The second kappa shape index (κ2) is 6.55. The predicted octanol–water partition coefficient (Wildman–Crippen LogP) is 1.13. The van der Waals surface area contributed by atoms with Crippen LogP contribution in [0.5, 0.6) is 0 Å². The van der Waals surface area contributed by atoms with E-state index in [2.05, 4.69) is 24.1 Å². The van der Waals surface area contributed by atoms with Crippen LogP contribution in [-0.4, -0.2) is 57.0 Å². The number of rotatable bonds is 4. The van der Waals surface area contributed by atoms with Gasteiger partial charge in [0.1, 0.15) is 0 Å². The van der Waals surface area contributed by atoms with Crippen molar-refractivity contribution < 1.29 is 8.42 Å². The molecular formula is C14H28N2O2S. The second-order valence-corrected chi connectivity index (χ2v) is 8.56. The molecule has 2 aliphatic rings. The summed E-state index contributed by atoms with van der Waals surface area (Å²) in [7, 11) is -2.73. The maximum absolute atomic E-state index is 11.5. The molecule has 4 nitrogen and oxygen atoms in total. The van der Waals surface area contributed by atoms with Crippen molar-refractivity contribution in [3.8, 4) is 0 Å². The number of nitrogens with one attached hydrogen (secondary N) is 1. The lowest BCUT2D eigenvalue weighted by molar-refractivity contribution is 0.213. The fourth-order valence-corrected chi connectivity index (χ4v) is 5.09. The third-order valence-corrected chi connectivity index (χ3v) is 6.52. The largest absolute Gasteiger partial charge is 0.312 e. The molecule has 0 bridgehead atoms. The van der Waals surface area contributed by atoms with E-state index in [4.69, 9.17) is 0 Å². The van der Waals surface area contributed by atoms with E-state index in [1.165, 1.54) is 12.8 Å². The molecule has 19 heavy (non-hydrogen) atoms. The predicted molar refractivity (Wildman–Crippen MR) is 79.1 cm³/mol. The van der Waals surface area contributed by atoms with Gasteiger partial charge in [-0.1, -0.05) is 20.3 Å². The topological polar surface area (TPSA) is 49.4 Å². The summed E-state index contributed by atoms with van der Waals surface area (Å²) in [6, 6.07) is 0.561. The van der Waals surface area contributed by atoms with Crippen LogP contribution in [0, 0.1) is 11.8 Å². The SMILES string of the molecule is CCC(C)C1CN(CC2CCS(=O)(=O)C2)CCCN1. The Morgan fingerprint density at radius 3 is 2.84 bits per heavy atom. The number of nitrogens with zero attached hydrogens (tertiary/aromatic N) is 1. The van der Waals surface area contributed by atoms with Crippen LogP contribution in [0.3, 0.4) is 0 Å². The van der Waals surface area contributed by atoms with Crippen LogP contribution in [0.1, 0.15) is 33.1 Å². The minimum atomic E-state index is -2.73. The molecule has 2 fully saturated rings. The van der Waals surface area contributed by atoms with Crippen molar-refractivity contribution in [3.05, 3.63) is 0 Å². The van der Waals surface area contributed by atoms with Crippen molar-refractivity contribution >= 4 is 9.84 Å². The molecule has 0 aliphatic carbocycles. The highest BCUT2D eigenvalue weighted by atomic mass is 32.2. The average molecular weight is 288 g/mol. The van der Waals surface area contributed by atoms with Crippen molar-refractivity contribution in [1.82, 2.24) is 10.2 Å². The van der Waals surface area contributed by atoms with Gasteiger partial charge in [-0.15, -0.1) is 0 Å². The quantitative estimate of drug-likeness (QED) is 0.842. The van der Waals surface area contributed by atoms with E-state index in [-0.39, 0.29) is 0 Å². The average Bonchev–Trinajstić information content (AvgIpc) is 2.58. The van der Waals surface area contributed by atoms with Gasteiger partial charge in [-0.3, -0.25) is 0 Å². The first kappa shape index (κ1) is 15.3. The highest BCUT2D eigenvalue weighted by Gasteiger charge is 2.30. The molecule has 0 aromatic rings. The molecule has 0 spiro atoms. The van der Waals surface area contributed by atoms with Crippen molar-refractivity contribution in [2.75, 3.05) is 37.7 Å². The Hall–Kier alpha value is -0.130. The van der Waals surface area contributed by atoms with Crippen LogP contribution in [0.15, 0.2) is 0 Å². The summed E-state index contributed by atoms with van der Waals surface area (Å²) < 4.78 is 23.1. The Kier molecular flexibility index (Phi) is 5.26. The molecule has 1 N–H and O–H groups in total. The summed E-state index contributed by atoms with van der Waals surface area (Å²) in [6.45, 7) is 8.79. The standard InChI is InChI=1S/C14H28N2O2S/c1-3-12(2)14-10-16(7-4-6-15-14)9-13-5-8-19(17,18)11-13/h12-15H,3-11H2,1-2H3. The third kappa shape index (κ3) is 4.43. The summed E-state index contributed by atoms with van der Waals surface area (Å²) in [5, 5.41) is 3.64. The van der Waals surface area contributed by atoms with E-state index < -0.39 is 9.84 Å². The maximum atomic E-state index is 11.5. The number of hydrogen-bond donors (Lipinski definition) is 1. The third-order valence-electron chi connectivity index (χ3n) is 4.69. The summed E-state index contributed by atoms with van der Waals surface area (Å²) >= 11 is 0. The Labute approximate surface area is 117 Å². The highest BCUT2D eigenvalue weighted by Crippen LogP contribution is 2.21. The Balaban J connectivity index is 1.88. The number of hydrogen-bond acceptors (Lipinski definition) is 4. The van der Waals surface area contributed by atoms with Gasteiger partial charge in [0, 0.05) is 19.1 Å². The van der Waals surface area contributed by atoms with Crippen molar-refractivity contribution in [3.63, 3.8) is 0 Å². The molecule has 2 rings (SSSR count). The zero-order valence-electron chi connectivity index (χ0n) is 12.3. The first-order chi connectivity index (χ1) is 9.00. The van der Waals surface area contributed by atoms with Crippen LogP contribution in [0.4, 0.5) is 0 Å². The van der Waals surface area contributed by atoms with E-state index in [1.54, 1.807) is 0 Å². The molecule has 0 aromatic carbocycles.